The van der Waals surface area contributed by atoms with Crippen LogP contribution in [-0.4, -0.2) is 54.1 Å². The van der Waals surface area contributed by atoms with Crippen molar-refractivity contribution < 1.29 is 21.6 Å². The van der Waals surface area contributed by atoms with Crippen LogP contribution in [0.3, 0.4) is 0 Å². The van der Waals surface area contributed by atoms with E-state index in [1.807, 2.05) is 6.92 Å². The molecular weight excluding hydrogens is 352 g/mol. The van der Waals surface area contributed by atoms with E-state index in [0.717, 1.165) is 19.1 Å². The number of nitrogens with zero attached hydrogens (tertiary/aromatic N) is 1. The molecule has 0 heterocycles. The lowest BCUT2D eigenvalue weighted by atomic mass is 10.2. The Kier molecular flexibility index (Phi) is 7.65. The van der Waals surface area contributed by atoms with Gasteiger partial charge in [0.1, 0.15) is 5.75 Å². The maximum Gasteiger partial charge on any atom is 0.240 e. The molecule has 7 nitrogen and oxygen atoms in total. The Bertz CT molecular complexity index is 745. The summed E-state index contributed by atoms with van der Waals surface area (Å²) in [5.41, 5.74) is 0.563. The van der Waals surface area contributed by atoms with E-state index in [9.17, 15) is 16.8 Å². The smallest absolute Gasteiger partial charge is 0.240 e. The van der Waals surface area contributed by atoms with Crippen LogP contribution in [0.5, 0.6) is 5.75 Å². The van der Waals surface area contributed by atoms with E-state index in [1.54, 1.807) is 19.1 Å². The molecule has 0 bridgehead atoms. The summed E-state index contributed by atoms with van der Waals surface area (Å²) in [6.07, 6.45) is 2.73. The summed E-state index contributed by atoms with van der Waals surface area (Å²) in [7, 11) is -5.55. The van der Waals surface area contributed by atoms with Gasteiger partial charge in [-0.15, -0.1) is 0 Å². The number of hydrogen-bond acceptors (Lipinski definition) is 5. The number of unbranched alkanes of at least 4 members (excludes halogenated alkanes) is 1. The molecule has 0 spiro atoms. The minimum Gasteiger partial charge on any atom is -0.497 e. The third-order valence-electron chi connectivity index (χ3n) is 3.55. The van der Waals surface area contributed by atoms with E-state index >= 15 is 0 Å². The van der Waals surface area contributed by atoms with E-state index in [-0.39, 0.29) is 18.0 Å². The number of methoxy groups -OCH3 is 1. The molecule has 0 aliphatic carbocycles. The van der Waals surface area contributed by atoms with Gasteiger partial charge in [-0.3, -0.25) is 0 Å². The zero-order valence-corrected chi connectivity index (χ0v) is 16.2. The summed E-state index contributed by atoms with van der Waals surface area (Å²) in [6, 6.07) is 4.69. The number of benzene rings is 1. The van der Waals surface area contributed by atoms with E-state index in [2.05, 4.69) is 4.72 Å². The van der Waals surface area contributed by atoms with Crippen molar-refractivity contribution in [1.82, 2.24) is 9.03 Å². The largest absolute Gasteiger partial charge is 0.497 e. The fraction of sp³-hybridized carbons (Fsp3) is 0.600. The SMILES string of the molecule is CCCCN(CCNS(=O)(=O)c1ccc(OC)cc1C)S(C)(=O)=O. The van der Waals surface area contributed by atoms with E-state index in [1.165, 1.54) is 17.5 Å². The van der Waals surface area contributed by atoms with Crippen LogP contribution < -0.4 is 9.46 Å². The molecule has 0 saturated carbocycles. The molecule has 138 valence electrons. The summed E-state index contributed by atoms with van der Waals surface area (Å²) in [5.74, 6) is 0.578. The van der Waals surface area contributed by atoms with Crippen molar-refractivity contribution >= 4 is 20.0 Å². The molecular formula is C15H26N2O5S2. The van der Waals surface area contributed by atoms with Crippen LogP contribution in [0.1, 0.15) is 25.3 Å². The third kappa shape index (κ3) is 6.04. The quantitative estimate of drug-likeness (QED) is 0.663. The molecule has 0 aliphatic rings. The lowest BCUT2D eigenvalue weighted by Crippen LogP contribution is -2.38. The van der Waals surface area contributed by atoms with Crippen molar-refractivity contribution in [1.29, 1.82) is 0 Å². The van der Waals surface area contributed by atoms with Gasteiger partial charge in [-0.25, -0.2) is 25.9 Å². The second-order valence-corrected chi connectivity index (χ2v) is 9.26. The normalized spacial score (nSPS) is 12.5. The Morgan fingerprint density at radius 1 is 1.17 bits per heavy atom. The van der Waals surface area contributed by atoms with Crippen molar-refractivity contribution in [2.45, 2.75) is 31.6 Å². The molecule has 0 aliphatic heterocycles. The number of hydrogen-bond donors (Lipinski definition) is 1. The van der Waals surface area contributed by atoms with Crippen molar-refractivity contribution in [2.24, 2.45) is 0 Å². The van der Waals surface area contributed by atoms with Crippen LogP contribution in [0.25, 0.3) is 0 Å². The van der Waals surface area contributed by atoms with Crippen LogP contribution in [0.4, 0.5) is 0 Å². The molecule has 0 saturated heterocycles. The minimum absolute atomic E-state index is 0.0184. The first kappa shape index (κ1) is 20.9. The average molecular weight is 379 g/mol. The highest BCUT2D eigenvalue weighted by Gasteiger charge is 2.20. The average Bonchev–Trinajstić information content (AvgIpc) is 2.48. The lowest BCUT2D eigenvalue weighted by Gasteiger charge is -2.20. The Labute approximate surface area is 145 Å². The number of aryl methyl sites for hydroxylation is 1. The molecule has 0 atom stereocenters. The van der Waals surface area contributed by atoms with Crippen LogP contribution in [0.2, 0.25) is 0 Å². The van der Waals surface area contributed by atoms with Crippen LogP contribution in [0.15, 0.2) is 23.1 Å². The molecule has 0 unspecified atom stereocenters. The number of sulfonamides is 2. The second-order valence-electron chi connectivity index (χ2n) is 5.54. The summed E-state index contributed by atoms with van der Waals surface area (Å²) in [5, 5.41) is 0. The molecule has 1 N–H and O–H groups in total. The molecule has 0 amide bonds. The fourth-order valence-corrected chi connectivity index (χ4v) is 4.34. The van der Waals surface area contributed by atoms with E-state index < -0.39 is 20.0 Å². The molecule has 0 aromatic heterocycles. The van der Waals surface area contributed by atoms with Crippen LogP contribution in [-0.2, 0) is 20.0 Å². The van der Waals surface area contributed by atoms with Crippen molar-refractivity contribution in [2.75, 3.05) is 33.0 Å². The molecule has 0 fully saturated rings. The predicted molar refractivity (Wildman–Crippen MR) is 94.2 cm³/mol. The standard InChI is InChI=1S/C15H26N2O5S2/c1-5-6-10-17(23(4,18)19)11-9-16-24(20,21)15-8-7-14(22-3)12-13(15)2/h7-8,12,16H,5-6,9-11H2,1-4H3. The van der Waals surface area contributed by atoms with E-state index in [0.29, 0.717) is 17.9 Å². The Balaban J connectivity index is 2.77. The number of rotatable bonds is 10. The summed E-state index contributed by atoms with van der Waals surface area (Å²) in [6.45, 7) is 4.16. The second kappa shape index (κ2) is 8.80. The number of ether oxygens (including phenoxy) is 1. The third-order valence-corrected chi connectivity index (χ3v) is 6.48. The Morgan fingerprint density at radius 2 is 1.83 bits per heavy atom. The molecule has 1 aromatic rings. The van der Waals surface area contributed by atoms with Gasteiger partial charge in [0.2, 0.25) is 20.0 Å². The minimum atomic E-state index is -3.70. The van der Waals surface area contributed by atoms with Gasteiger partial charge in [-0.05, 0) is 37.1 Å². The Morgan fingerprint density at radius 3 is 2.33 bits per heavy atom. The summed E-state index contributed by atoms with van der Waals surface area (Å²) >= 11 is 0. The van der Waals surface area contributed by atoms with Gasteiger partial charge in [0.15, 0.2) is 0 Å². The monoisotopic (exact) mass is 378 g/mol. The van der Waals surface area contributed by atoms with Gasteiger partial charge in [0.25, 0.3) is 0 Å². The zero-order valence-electron chi connectivity index (χ0n) is 14.6. The lowest BCUT2D eigenvalue weighted by molar-refractivity contribution is 0.408. The maximum atomic E-state index is 12.4. The maximum absolute atomic E-state index is 12.4. The first-order valence-electron chi connectivity index (χ1n) is 7.71. The van der Waals surface area contributed by atoms with Gasteiger partial charge in [-0.2, -0.15) is 0 Å². The molecule has 1 rings (SSSR count). The molecule has 0 radical (unpaired) electrons. The predicted octanol–water partition coefficient (Wildman–Crippen LogP) is 1.34. The van der Waals surface area contributed by atoms with E-state index in [4.69, 9.17) is 4.74 Å². The molecule has 1 aromatic carbocycles. The van der Waals surface area contributed by atoms with Gasteiger partial charge in [-0.1, -0.05) is 13.3 Å². The first-order chi connectivity index (χ1) is 11.1. The number of nitrogens with one attached hydrogen (secondary N) is 1. The van der Waals surface area contributed by atoms with Crippen molar-refractivity contribution in [3.8, 4) is 5.75 Å². The summed E-state index contributed by atoms with van der Waals surface area (Å²) in [4.78, 5) is 0.155. The van der Waals surface area contributed by atoms with Gasteiger partial charge < -0.3 is 4.74 Å². The highest BCUT2D eigenvalue weighted by molar-refractivity contribution is 7.89. The van der Waals surface area contributed by atoms with Gasteiger partial charge in [0.05, 0.1) is 18.3 Å². The van der Waals surface area contributed by atoms with Crippen molar-refractivity contribution in [3.63, 3.8) is 0 Å². The first-order valence-corrected chi connectivity index (χ1v) is 11.0. The van der Waals surface area contributed by atoms with Crippen LogP contribution in [0, 0.1) is 6.92 Å². The van der Waals surface area contributed by atoms with Crippen molar-refractivity contribution in [3.05, 3.63) is 23.8 Å². The molecule has 9 heteroatoms. The zero-order chi connectivity index (χ0) is 18.4. The molecule has 24 heavy (non-hydrogen) atoms. The highest BCUT2D eigenvalue weighted by atomic mass is 32.2. The topological polar surface area (TPSA) is 92.8 Å². The summed E-state index contributed by atoms with van der Waals surface area (Å²) < 4.78 is 57.0. The van der Waals surface area contributed by atoms with Gasteiger partial charge in [0, 0.05) is 19.6 Å². The Hall–Kier alpha value is -1.16. The van der Waals surface area contributed by atoms with Crippen LogP contribution >= 0.6 is 0 Å². The van der Waals surface area contributed by atoms with Gasteiger partial charge >= 0.3 is 0 Å². The highest BCUT2D eigenvalue weighted by Crippen LogP contribution is 2.20. The fourth-order valence-electron chi connectivity index (χ4n) is 2.21.